The van der Waals surface area contributed by atoms with Crippen molar-refractivity contribution in [3.63, 3.8) is 0 Å². The van der Waals surface area contributed by atoms with Gasteiger partial charge in [-0.15, -0.1) is 0 Å². The number of benzene rings is 2. The Hall–Kier alpha value is -3.08. The first-order valence-electron chi connectivity index (χ1n) is 7.85. The predicted molar refractivity (Wildman–Crippen MR) is 94.8 cm³/mol. The Balaban J connectivity index is 1.56. The van der Waals surface area contributed by atoms with E-state index in [0.29, 0.717) is 18.7 Å². The number of fused-ring (bicyclic) bond motifs is 1. The SMILES string of the molecule is Cc1[nH]c2ccccc2c1CCNC(=O)C(=O)Nc1ccccc1. The molecule has 5 heteroatoms. The van der Waals surface area contributed by atoms with Crippen molar-refractivity contribution in [1.82, 2.24) is 10.3 Å². The number of aromatic amines is 1. The summed E-state index contributed by atoms with van der Waals surface area (Å²) in [5.41, 5.74) is 3.93. The summed E-state index contributed by atoms with van der Waals surface area (Å²) in [4.78, 5) is 27.1. The number of hydrogen-bond acceptors (Lipinski definition) is 2. The van der Waals surface area contributed by atoms with Crippen LogP contribution in [0.1, 0.15) is 11.3 Å². The van der Waals surface area contributed by atoms with Gasteiger partial charge in [-0.3, -0.25) is 9.59 Å². The van der Waals surface area contributed by atoms with E-state index >= 15 is 0 Å². The van der Waals surface area contributed by atoms with Gasteiger partial charge in [0.15, 0.2) is 0 Å². The maximum absolute atomic E-state index is 11.9. The number of carbonyl (C=O) groups is 2. The Morgan fingerprint density at radius 1 is 0.958 bits per heavy atom. The van der Waals surface area contributed by atoms with E-state index in [1.165, 1.54) is 0 Å². The molecule has 0 aliphatic heterocycles. The number of nitrogens with one attached hydrogen (secondary N) is 3. The van der Waals surface area contributed by atoms with Crippen LogP contribution in [0.2, 0.25) is 0 Å². The Labute approximate surface area is 140 Å². The quantitative estimate of drug-likeness (QED) is 0.646. The summed E-state index contributed by atoms with van der Waals surface area (Å²) in [5.74, 6) is -1.28. The fraction of sp³-hybridized carbons (Fsp3) is 0.158. The zero-order chi connectivity index (χ0) is 16.9. The van der Waals surface area contributed by atoms with Crippen LogP contribution in [0.15, 0.2) is 54.6 Å². The average molecular weight is 321 g/mol. The first-order valence-corrected chi connectivity index (χ1v) is 7.85. The van der Waals surface area contributed by atoms with E-state index in [0.717, 1.165) is 22.2 Å². The topological polar surface area (TPSA) is 74.0 Å². The third kappa shape index (κ3) is 3.46. The molecule has 0 radical (unpaired) electrons. The monoisotopic (exact) mass is 321 g/mol. The summed E-state index contributed by atoms with van der Waals surface area (Å²) in [6.45, 7) is 2.42. The number of carbonyl (C=O) groups excluding carboxylic acids is 2. The molecule has 2 amide bonds. The van der Waals surface area contributed by atoms with Crippen LogP contribution in [0.4, 0.5) is 5.69 Å². The van der Waals surface area contributed by atoms with Gasteiger partial charge in [-0.05, 0) is 37.1 Å². The number of aromatic nitrogens is 1. The Bertz CT molecular complexity index is 869. The number of rotatable bonds is 4. The fourth-order valence-electron chi connectivity index (χ4n) is 2.75. The molecule has 0 saturated heterocycles. The first kappa shape index (κ1) is 15.8. The molecule has 2 aromatic carbocycles. The highest BCUT2D eigenvalue weighted by molar-refractivity contribution is 6.39. The molecule has 0 fully saturated rings. The van der Waals surface area contributed by atoms with Gasteiger partial charge < -0.3 is 15.6 Å². The van der Waals surface area contributed by atoms with E-state index in [9.17, 15) is 9.59 Å². The minimum absolute atomic E-state index is 0.406. The van der Waals surface area contributed by atoms with Crippen molar-refractivity contribution in [3.05, 3.63) is 65.9 Å². The second-order valence-corrected chi connectivity index (χ2v) is 5.60. The molecule has 3 rings (SSSR count). The van der Waals surface area contributed by atoms with Crippen molar-refractivity contribution in [3.8, 4) is 0 Å². The third-order valence-electron chi connectivity index (χ3n) is 3.93. The fourth-order valence-corrected chi connectivity index (χ4v) is 2.75. The first-order chi connectivity index (χ1) is 11.6. The normalized spacial score (nSPS) is 10.5. The zero-order valence-corrected chi connectivity index (χ0v) is 13.4. The van der Waals surface area contributed by atoms with Crippen LogP contribution in [0.25, 0.3) is 10.9 Å². The molecule has 1 heterocycles. The van der Waals surface area contributed by atoms with Crippen LogP contribution in [-0.4, -0.2) is 23.3 Å². The number of hydrogen-bond donors (Lipinski definition) is 3. The molecule has 122 valence electrons. The lowest BCUT2D eigenvalue weighted by Gasteiger charge is -2.07. The van der Waals surface area contributed by atoms with Crippen LogP contribution in [0.5, 0.6) is 0 Å². The molecule has 1 aromatic heterocycles. The van der Waals surface area contributed by atoms with Gasteiger partial charge in [-0.1, -0.05) is 36.4 Å². The van der Waals surface area contributed by atoms with Crippen LogP contribution in [0.3, 0.4) is 0 Å². The van der Waals surface area contributed by atoms with Crippen molar-refractivity contribution >= 4 is 28.4 Å². The molecule has 0 unspecified atom stereocenters. The Kier molecular flexibility index (Phi) is 4.61. The second-order valence-electron chi connectivity index (χ2n) is 5.60. The third-order valence-corrected chi connectivity index (χ3v) is 3.93. The van der Waals surface area contributed by atoms with Crippen molar-refractivity contribution in [2.75, 3.05) is 11.9 Å². The number of para-hydroxylation sites is 2. The van der Waals surface area contributed by atoms with E-state index in [1.54, 1.807) is 24.3 Å². The molecule has 3 N–H and O–H groups in total. The highest BCUT2D eigenvalue weighted by Crippen LogP contribution is 2.21. The summed E-state index contributed by atoms with van der Waals surface area (Å²) in [6.07, 6.45) is 0.667. The molecule has 0 aliphatic carbocycles. The molecule has 0 bridgehead atoms. The van der Waals surface area contributed by atoms with Crippen molar-refractivity contribution in [1.29, 1.82) is 0 Å². The molecule has 0 atom stereocenters. The maximum Gasteiger partial charge on any atom is 0.313 e. The summed E-state index contributed by atoms with van der Waals surface area (Å²) in [7, 11) is 0. The van der Waals surface area contributed by atoms with Crippen LogP contribution in [0, 0.1) is 6.92 Å². The van der Waals surface area contributed by atoms with E-state index in [4.69, 9.17) is 0 Å². The molecule has 24 heavy (non-hydrogen) atoms. The summed E-state index contributed by atoms with van der Waals surface area (Å²) >= 11 is 0. The van der Waals surface area contributed by atoms with Crippen LogP contribution >= 0.6 is 0 Å². The van der Waals surface area contributed by atoms with E-state index in [2.05, 4.69) is 21.7 Å². The van der Waals surface area contributed by atoms with Gasteiger partial charge >= 0.3 is 11.8 Å². The minimum atomic E-state index is -0.656. The van der Waals surface area contributed by atoms with E-state index in [-0.39, 0.29) is 0 Å². The van der Waals surface area contributed by atoms with Crippen LogP contribution in [-0.2, 0) is 16.0 Å². The smallest absolute Gasteiger partial charge is 0.313 e. The van der Waals surface area contributed by atoms with Gasteiger partial charge in [0.05, 0.1) is 0 Å². The van der Waals surface area contributed by atoms with Gasteiger partial charge in [0.2, 0.25) is 0 Å². The number of anilines is 1. The summed E-state index contributed by atoms with van der Waals surface area (Å²) in [6, 6.07) is 17.0. The predicted octanol–water partition coefficient (Wildman–Crippen LogP) is 2.77. The van der Waals surface area contributed by atoms with Gasteiger partial charge in [0.1, 0.15) is 0 Å². The Morgan fingerprint density at radius 3 is 2.46 bits per heavy atom. The van der Waals surface area contributed by atoms with Gasteiger partial charge in [0, 0.05) is 28.8 Å². The number of amides is 2. The van der Waals surface area contributed by atoms with Crippen molar-refractivity contribution < 1.29 is 9.59 Å². The summed E-state index contributed by atoms with van der Waals surface area (Å²) < 4.78 is 0. The standard InChI is InChI=1S/C19H19N3O2/c1-13-15(16-9-5-6-10-17(16)21-13)11-12-20-18(23)19(24)22-14-7-3-2-4-8-14/h2-10,21H,11-12H2,1H3,(H,20,23)(H,22,24). The lowest BCUT2D eigenvalue weighted by atomic mass is 10.1. The van der Waals surface area contributed by atoms with Gasteiger partial charge in [0.25, 0.3) is 0 Å². The zero-order valence-electron chi connectivity index (χ0n) is 13.4. The lowest BCUT2D eigenvalue weighted by molar-refractivity contribution is -0.136. The molecule has 3 aromatic rings. The van der Waals surface area contributed by atoms with Crippen LogP contribution < -0.4 is 10.6 Å². The minimum Gasteiger partial charge on any atom is -0.358 e. The number of H-pyrrole nitrogens is 1. The molecule has 0 saturated carbocycles. The average Bonchev–Trinajstić information content (AvgIpc) is 2.91. The van der Waals surface area contributed by atoms with E-state index in [1.807, 2.05) is 31.2 Å². The van der Waals surface area contributed by atoms with Crippen molar-refractivity contribution in [2.45, 2.75) is 13.3 Å². The van der Waals surface area contributed by atoms with Gasteiger partial charge in [-0.2, -0.15) is 0 Å². The molecular weight excluding hydrogens is 302 g/mol. The van der Waals surface area contributed by atoms with E-state index < -0.39 is 11.8 Å². The molecule has 0 aliphatic rings. The Morgan fingerprint density at radius 2 is 1.67 bits per heavy atom. The maximum atomic E-state index is 11.9. The highest BCUT2D eigenvalue weighted by atomic mass is 16.2. The second kappa shape index (κ2) is 7.00. The lowest BCUT2D eigenvalue weighted by Crippen LogP contribution is -2.36. The number of aryl methyl sites for hydroxylation is 1. The summed E-state index contributed by atoms with van der Waals surface area (Å²) in [5, 5.41) is 6.39. The molecular formula is C19H19N3O2. The van der Waals surface area contributed by atoms with Crippen molar-refractivity contribution in [2.24, 2.45) is 0 Å². The molecule has 0 spiro atoms. The van der Waals surface area contributed by atoms with Gasteiger partial charge in [-0.25, -0.2) is 0 Å². The molecule has 5 nitrogen and oxygen atoms in total. The highest BCUT2D eigenvalue weighted by Gasteiger charge is 2.14. The largest absolute Gasteiger partial charge is 0.358 e.